The Kier molecular flexibility index (Phi) is 4.43. The summed E-state index contributed by atoms with van der Waals surface area (Å²) in [4.78, 5) is 2.20. The Morgan fingerprint density at radius 3 is 2.70 bits per heavy atom. The van der Waals surface area contributed by atoms with Gasteiger partial charge < -0.3 is 10.6 Å². The van der Waals surface area contributed by atoms with E-state index in [4.69, 9.17) is 5.73 Å². The summed E-state index contributed by atoms with van der Waals surface area (Å²) in [6.07, 6.45) is 0. The lowest BCUT2D eigenvalue weighted by molar-refractivity contribution is 0.170. The van der Waals surface area contributed by atoms with Crippen molar-refractivity contribution < 1.29 is 12.8 Å². The van der Waals surface area contributed by atoms with Crippen LogP contribution in [0.3, 0.4) is 0 Å². The lowest BCUT2D eigenvalue weighted by Crippen LogP contribution is -2.52. The minimum atomic E-state index is -3.60. The van der Waals surface area contributed by atoms with Gasteiger partial charge in [0.1, 0.15) is 5.82 Å². The maximum absolute atomic E-state index is 13.4. The van der Waals surface area contributed by atoms with Gasteiger partial charge in [0, 0.05) is 37.8 Å². The normalized spacial score (nSPS) is 22.1. The van der Waals surface area contributed by atoms with Crippen LogP contribution in [0.25, 0.3) is 0 Å². The molecule has 1 aromatic carbocycles. The Labute approximate surface area is 119 Å². The fraction of sp³-hybridized carbons (Fsp3) is 0.538. The van der Waals surface area contributed by atoms with Gasteiger partial charge in [0.15, 0.2) is 0 Å². The van der Waals surface area contributed by atoms with E-state index in [1.807, 2.05) is 14.0 Å². The Bertz CT molecular complexity index is 591. The molecule has 0 radical (unpaired) electrons. The molecule has 1 heterocycles. The molecule has 0 saturated carbocycles. The van der Waals surface area contributed by atoms with Crippen LogP contribution < -0.4 is 5.73 Å². The van der Waals surface area contributed by atoms with Crippen LogP contribution >= 0.6 is 0 Å². The molecule has 1 atom stereocenters. The monoisotopic (exact) mass is 301 g/mol. The van der Waals surface area contributed by atoms with E-state index >= 15 is 0 Å². The number of halogens is 1. The Morgan fingerprint density at radius 1 is 1.40 bits per heavy atom. The van der Waals surface area contributed by atoms with E-state index in [1.165, 1.54) is 16.4 Å². The average Bonchev–Trinajstić information content (AvgIpc) is 2.38. The lowest BCUT2D eigenvalue weighted by Gasteiger charge is -2.37. The van der Waals surface area contributed by atoms with Gasteiger partial charge in [0.25, 0.3) is 0 Å². The molecule has 1 aliphatic heterocycles. The second-order valence-electron chi connectivity index (χ2n) is 5.18. The van der Waals surface area contributed by atoms with E-state index in [9.17, 15) is 12.8 Å². The molecule has 1 unspecified atom stereocenters. The van der Waals surface area contributed by atoms with Crippen LogP contribution in [0.1, 0.15) is 12.5 Å². The highest BCUT2D eigenvalue weighted by Crippen LogP contribution is 2.22. The zero-order valence-corrected chi connectivity index (χ0v) is 12.5. The second kappa shape index (κ2) is 5.77. The summed E-state index contributed by atoms with van der Waals surface area (Å²) in [5.41, 5.74) is 5.65. The predicted molar refractivity (Wildman–Crippen MR) is 75.1 cm³/mol. The number of likely N-dealkylation sites (N-methyl/N-ethyl adjacent to an activating group) is 1. The van der Waals surface area contributed by atoms with Gasteiger partial charge in [-0.05, 0) is 32.2 Å². The summed E-state index contributed by atoms with van der Waals surface area (Å²) >= 11 is 0. The van der Waals surface area contributed by atoms with Crippen LogP contribution in [0.4, 0.5) is 4.39 Å². The maximum atomic E-state index is 13.4. The Hall–Kier alpha value is -1.02. The van der Waals surface area contributed by atoms with Crippen molar-refractivity contribution in [3.05, 3.63) is 29.6 Å². The van der Waals surface area contributed by atoms with Crippen molar-refractivity contribution >= 4 is 10.0 Å². The first kappa shape index (κ1) is 15.4. The fourth-order valence-electron chi connectivity index (χ4n) is 2.48. The number of rotatable bonds is 3. The molecule has 20 heavy (non-hydrogen) atoms. The van der Waals surface area contributed by atoms with Crippen LogP contribution in [0, 0.1) is 5.82 Å². The number of hydrogen-bond donors (Lipinski definition) is 1. The summed E-state index contributed by atoms with van der Waals surface area (Å²) in [5.74, 6) is -0.474. The van der Waals surface area contributed by atoms with Crippen LogP contribution in [-0.4, -0.2) is 50.3 Å². The van der Waals surface area contributed by atoms with Gasteiger partial charge in [-0.2, -0.15) is 4.31 Å². The van der Waals surface area contributed by atoms with Gasteiger partial charge in [-0.15, -0.1) is 0 Å². The summed E-state index contributed by atoms with van der Waals surface area (Å²) in [6, 6.07) is 3.69. The molecule has 1 fully saturated rings. The number of piperazine rings is 1. The van der Waals surface area contributed by atoms with E-state index in [-0.39, 0.29) is 23.0 Å². The lowest BCUT2D eigenvalue weighted by atomic mass is 10.2. The fourth-order valence-corrected chi connectivity index (χ4v) is 4.15. The van der Waals surface area contributed by atoms with Crippen molar-refractivity contribution in [2.24, 2.45) is 5.73 Å². The molecule has 0 spiro atoms. The third-order valence-electron chi connectivity index (χ3n) is 3.61. The molecule has 0 amide bonds. The molecule has 2 N–H and O–H groups in total. The molecular weight excluding hydrogens is 281 g/mol. The van der Waals surface area contributed by atoms with Crippen molar-refractivity contribution in [2.45, 2.75) is 24.4 Å². The molecule has 112 valence electrons. The highest BCUT2D eigenvalue weighted by molar-refractivity contribution is 7.89. The van der Waals surface area contributed by atoms with Crippen LogP contribution in [0.5, 0.6) is 0 Å². The standard InChI is InChI=1S/C13H20FN3O2S/c1-10-9-16(2)5-6-17(10)20(18,19)12-3-4-13(14)11(7-12)8-15/h3-4,7,10H,5-6,8-9,15H2,1-2H3. The Balaban J connectivity index is 2.35. The van der Waals surface area contributed by atoms with E-state index in [0.29, 0.717) is 19.6 Å². The molecule has 2 rings (SSSR count). The van der Waals surface area contributed by atoms with Crippen LogP contribution in [-0.2, 0) is 16.6 Å². The first-order valence-electron chi connectivity index (χ1n) is 6.55. The first-order valence-corrected chi connectivity index (χ1v) is 7.99. The van der Waals surface area contributed by atoms with Gasteiger partial charge >= 0.3 is 0 Å². The minimum Gasteiger partial charge on any atom is -0.326 e. The molecule has 1 saturated heterocycles. The van der Waals surface area contributed by atoms with E-state index in [1.54, 1.807) is 0 Å². The number of sulfonamides is 1. The average molecular weight is 301 g/mol. The largest absolute Gasteiger partial charge is 0.326 e. The van der Waals surface area contributed by atoms with Crippen LogP contribution in [0.2, 0.25) is 0 Å². The van der Waals surface area contributed by atoms with Gasteiger partial charge in [0.2, 0.25) is 10.0 Å². The molecule has 1 aliphatic rings. The van der Waals surface area contributed by atoms with Gasteiger partial charge in [-0.3, -0.25) is 0 Å². The molecule has 5 nitrogen and oxygen atoms in total. The number of benzene rings is 1. The zero-order chi connectivity index (χ0) is 14.9. The summed E-state index contributed by atoms with van der Waals surface area (Å²) in [5, 5.41) is 0. The van der Waals surface area contributed by atoms with Gasteiger partial charge in [-0.25, -0.2) is 12.8 Å². The number of nitrogens with two attached hydrogens (primary N) is 1. The first-order chi connectivity index (χ1) is 9.36. The zero-order valence-electron chi connectivity index (χ0n) is 11.7. The third kappa shape index (κ3) is 2.85. The highest BCUT2D eigenvalue weighted by Gasteiger charge is 2.32. The SMILES string of the molecule is CC1CN(C)CCN1S(=O)(=O)c1ccc(F)c(CN)c1. The summed E-state index contributed by atoms with van der Waals surface area (Å²) in [6.45, 7) is 3.67. The van der Waals surface area contributed by atoms with Crippen molar-refractivity contribution in [3.8, 4) is 0 Å². The number of hydrogen-bond acceptors (Lipinski definition) is 4. The van der Waals surface area contributed by atoms with Crippen molar-refractivity contribution in [3.63, 3.8) is 0 Å². The van der Waals surface area contributed by atoms with Gasteiger partial charge in [0.05, 0.1) is 4.90 Å². The molecule has 0 aliphatic carbocycles. The Morgan fingerprint density at radius 2 is 2.10 bits per heavy atom. The van der Waals surface area contributed by atoms with Crippen molar-refractivity contribution in [2.75, 3.05) is 26.7 Å². The van der Waals surface area contributed by atoms with E-state index in [0.717, 1.165) is 6.07 Å². The molecular formula is C13H20FN3O2S. The van der Waals surface area contributed by atoms with Crippen LogP contribution in [0.15, 0.2) is 23.1 Å². The quantitative estimate of drug-likeness (QED) is 0.888. The molecule has 7 heteroatoms. The van der Waals surface area contributed by atoms with Crippen molar-refractivity contribution in [1.29, 1.82) is 0 Å². The topological polar surface area (TPSA) is 66.6 Å². The molecule has 1 aromatic rings. The maximum Gasteiger partial charge on any atom is 0.243 e. The molecule has 0 bridgehead atoms. The molecule has 0 aromatic heterocycles. The third-order valence-corrected chi connectivity index (χ3v) is 5.62. The summed E-state index contributed by atoms with van der Waals surface area (Å²) in [7, 11) is -1.64. The predicted octanol–water partition coefficient (Wildman–Crippen LogP) is 0.609. The van der Waals surface area contributed by atoms with Crippen molar-refractivity contribution in [1.82, 2.24) is 9.21 Å². The smallest absolute Gasteiger partial charge is 0.243 e. The summed E-state index contributed by atoms with van der Waals surface area (Å²) < 4.78 is 40.2. The van der Waals surface area contributed by atoms with E-state index < -0.39 is 15.8 Å². The second-order valence-corrected chi connectivity index (χ2v) is 7.07. The van der Waals surface area contributed by atoms with Gasteiger partial charge in [-0.1, -0.05) is 0 Å². The highest BCUT2D eigenvalue weighted by atomic mass is 32.2. The van der Waals surface area contributed by atoms with E-state index in [2.05, 4.69) is 4.90 Å². The minimum absolute atomic E-state index is 0.0204. The number of nitrogens with zero attached hydrogens (tertiary/aromatic N) is 2.